The fourth-order valence-corrected chi connectivity index (χ4v) is 4.79. The summed E-state index contributed by atoms with van der Waals surface area (Å²) in [6.45, 7) is 8.82. The smallest absolute Gasteiger partial charge is 0.146 e. The van der Waals surface area contributed by atoms with Crippen molar-refractivity contribution in [3.63, 3.8) is 0 Å². The number of ether oxygens (including phenoxy) is 1. The van der Waals surface area contributed by atoms with Crippen LogP contribution in [0.4, 0.5) is 5.82 Å². The van der Waals surface area contributed by atoms with Gasteiger partial charge in [0, 0.05) is 24.0 Å². The summed E-state index contributed by atoms with van der Waals surface area (Å²) in [5.41, 5.74) is 1.50. The molecule has 1 fully saturated rings. The Morgan fingerprint density at radius 2 is 2.08 bits per heavy atom. The number of hydrogen-bond donors (Lipinski definition) is 1. The first-order valence-electron chi connectivity index (χ1n) is 9.12. The zero-order chi connectivity index (χ0) is 16.5. The zero-order valence-corrected chi connectivity index (χ0v) is 15.4. The maximum absolute atomic E-state index is 5.45. The molecule has 4 rings (SSSR count). The number of hydrogen-bond acceptors (Lipinski definition) is 6. The van der Waals surface area contributed by atoms with E-state index in [1.807, 2.05) is 11.3 Å². The van der Waals surface area contributed by atoms with E-state index in [0.717, 1.165) is 50.9 Å². The third kappa shape index (κ3) is 3.15. The van der Waals surface area contributed by atoms with Crippen LogP contribution in [0.2, 0.25) is 0 Å². The molecule has 1 saturated heterocycles. The van der Waals surface area contributed by atoms with Crippen molar-refractivity contribution in [3.05, 3.63) is 16.3 Å². The number of anilines is 1. The van der Waals surface area contributed by atoms with Gasteiger partial charge in [-0.05, 0) is 38.2 Å². The number of nitrogens with one attached hydrogen (secondary N) is 1. The van der Waals surface area contributed by atoms with Gasteiger partial charge in [0.2, 0.25) is 0 Å². The van der Waals surface area contributed by atoms with Crippen LogP contribution >= 0.6 is 11.3 Å². The number of aryl methyl sites for hydroxylation is 2. The number of nitrogens with zero attached hydrogens (tertiary/aromatic N) is 3. The van der Waals surface area contributed by atoms with Crippen molar-refractivity contribution in [2.45, 2.75) is 52.1 Å². The van der Waals surface area contributed by atoms with Crippen molar-refractivity contribution in [2.75, 3.05) is 31.6 Å². The standard InChI is InChI=1S/C18H26N4OS/c1-3-12(2)19-17-16-13-5-4-6-14(13)24-18(16)21-15(20-17)11-22-7-9-23-10-8-22/h12H,3-11H2,1-2H3,(H,19,20,21)/t12-/m0/s1. The van der Waals surface area contributed by atoms with Crippen molar-refractivity contribution in [1.29, 1.82) is 0 Å². The summed E-state index contributed by atoms with van der Waals surface area (Å²) >= 11 is 1.88. The Kier molecular flexibility index (Phi) is 4.70. The molecule has 0 aromatic carbocycles. The predicted octanol–water partition coefficient (Wildman–Crippen LogP) is 3.22. The largest absolute Gasteiger partial charge is 0.379 e. The Morgan fingerprint density at radius 3 is 2.88 bits per heavy atom. The van der Waals surface area contributed by atoms with Crippen LogP contribution in [0.15, 0.2) is 0 Å². The fourth-order valence-electron chi connectivity index (χ4n) is 3.51. The third-order valence-electron chi connectivity index (χ3n) is 5.08. The van der Waals surface area contributed by atoms with Crippen molar-refractivity contribution >= 4 is 27.4 Å². The van der Waals surface area contributed by atoms with Crippen molar-refractivity contribution in [3.8, 4) is 0 Å². The second kappa shape index (κ2) is 6.94. The van der Waals surface area contributed by atoms with Gasteiger partial charge in [-0.15, -0.1) is 11.3 Å². The molecule has 0 amide bonds. The molecular weight excluding hydrogens is 320 g/mol. The van der Waals surface area contributed by atoms with Crippen LogP contribution in [-0.2, 0) is 24.1 Å². The normalized spacial score (nSPS) is 19.6. The van der Waals surface area contributed by atoms with Crippen LogP contribution in [0.25, 0.3) is 10.2 Å². The van der Waals surface area contributed by atoms with Crippen molar-refractivity contribution in [2.24, 2.45) is 0 Å². The molecule has 2 aromatic heterocycles. The van der Waals surface area contributed by atoms with Crippen LogP contribution in [0.1, 0.15) is 43.0 Å². The maximum Gasteiger partial charge on any atom is 0.146 e. The van der Waals surface area contributed by atoms with E-state index in [4.69, 9.17) is 14.7 Å². The van der Waals surface area contributed by atoms with Gasteiger partial charge in [0.25, 0.3) is 0 Å². The van der Waals surface area contributed by atoms with E-state index in [2.05, 4.69) is 24.1 Å². The number of rotatable bonds is 5. The highest BCUT2D eigenvalue weighted by atomic mass is 32.1. The average Bonchev–Trinajstić information content (AvgIpc) is 3.16. The lowest BCUT2D eigenvalue weighted by molar-refractivity contribution is 0.0331. The van der Waals surface area contributed by atoms with Crippen LogP contribution in [0.3, 0.4) is 0 Å². The summed E-state index contributed by atoms with van der Waals surface area (Å²) in [6, 6.07) is 0.427. The van der Waals surface area contributed by atoms with E-state index < -0.39 is 0 Å². The number of aromatic nitrogens is 2. The van der Waals surface area contributed by atoms with Gasteiger partial charge in [-0.1, -0.05) is 6.92 Å². The first-order chi connectivity index (χ1) is 11.7. The summed E-state index contributed by atoms with van der Waals surface area (Å²) in [6.07, 6.45) is 4.75. The van der Waals surface area contributed by atoms with E-state index in [1.165, 1.54) is 39.9 Å². The minimum absolute atomic E-state index is 0.427. The summed E-state index contributed by atoms with van der Waals surface area (Å²) in [4.78, 5) is 14.9. The molecule has 0 unspecified atom stereocenters. The van der Waals surface area contributed by atoms with Crippen LogP contribution in [0.5, 0.6) is 0 Å². The Bertz CT molecular complexity index is 723. The maximum atomic E-state index is 5.45. The van der Waals surface area contributed by atoms with Gasteiger partial charge in [0.05, 0.1) is 25.1 Å². The van der Waals surface area contributed by atoms with Crippen LogP contribution in [-0.4, -0.2) is 47.2 Å². The zero-order valence-electron chi connectivity index (χ0n) is 14.6. The second-order valence-electron chi connectivity index (χ2n) is 6.87. The Balaban J connectivity index is 1.70. The molecule has 0 bridgehead atoms. The highest BCUT2D eigenvalue weighted by molar-refractivity contribution is 7.19. The molecule has 0 radical (unpaired) electrons. The topological polar surface area (TPSA) is 50.3 Å². The van der Waals surface area contributed by atoms with Crippen molar-refractivity contribution < 1.29 is 4.74 Å². The lowest BCUT2D eigenvalue weighted by Crippen LogP contribution is -2.36. The van der Waals surface area contributed by atoms with Gasteiger partial charge in [-0.25, -0.2) is 9.97 Å². The van der Waals surface area contributed by atoms with E-state index in [9.17, 15) is 0 Å². The molecule has 1 aliphatic heterocycles. The van der Waals surface area contributed by atoms with Gasteiger partial charge in [-0.2, -0.15) is 0 Å². The monoisotopic (exact) mass is 346 g/mol. The highest BCUT2D eigenvalue weighted by Gasteiger charge is 2.23. The van der Waals surface area contributed by atoms with E-state index >= 15 is 0 Å². The van der Waals surface area contributed by atoms with Gasteiger partial charge in [-0.3, -0.25) is 4.90 Å². The van der Waals surface area contributed by atoms with E-state index in [0.29, 0.717) is 6.04 Å². The van der Waals surface area contributed by atoms with Gasteiger partial charge >= 0.3 is 0 Å². The quantitative estimate of drug-likeness (QED) is 0.901. The van der Waals surface area contributed by atoms with E-state index in [1.54, 1.807) is 0 Å². The lowest BCUT2D eigenvalue weighted by atomic mass is 10.1. The number of fused-ring (bicyclic) bond motifs is 3. The SMILES string of the molecule is CC[C@H](C)Nc1nc(CN2CCOCC2)nc2sc3c(c12)CCC3. The summed E-state index contributed by atoms with van der Waals surface area (Å²) < 4.78 is 5.45. The fraction of sp³-hybridized carbons (Fsp3) is 0.667. The molecule has 6 heteroatoms. The van der Waals surface area contributed by atoms with Gasteiger partial charge in [0.15, 0.2) is 0 Å². The minimum atomic E-state index is 0.427. The molecule has 0 spiro atoms. The Labute approximate surface area is 147 Å². The molecule has 1 atom stereocenters. The molecule has 0 saturated carbocycles. The van der Waals surface area contributed by atoms with Gasteiger partial charge in [0.1, 0.15) is 16.5 Å². The molecule has 5 nitrogen and oxygen atoms in total. The molecule has 2 aliphatic rings. The summed E-state index contributed by atoms with van der Waals surface area (Å²) in [7, 11) is 0. The first-order valence-corrected chi connectivity index (χ1v) is 9.94. The first kappa shape index (κ1) is 16.2. The summed E-state index contributed by atoms with van der Waals surface area (Å²) in [5.74, 6) is 1.99. The molecule has 2 aromatic rings. The molecule has 1 N–H and O–H groups in total. The third-order valence-corrected chi connectivity index (χ3v) is 6.26. The second-order valence-corrected chi connectivity index (χ2v) is 7.95. The lowest BCUT2D eigenvalue weighted by Gasteiger charge is -2.26. The van der Waals surface area contributed by atoms with Crippen LogP contribution in [0, 0.1) is 0 Å². The van der Waals surface area contributed by atoms with Crippen molar-refractivity contribution in [1.82, 2.24) is 14.9 Å². The molecule has 130 valence electrons. The highest BCUT2D eigenvalue weighted by Crippen LogP contribution is 2.39. The van der Waals surface area contributed by atoms with E-state index in [-0.39, 0.29) is 0 Å². The number of morpholine rings is 1. The molecule has 24 heavy (non-hydrogen) atoms. The van der Waals surface area contributed by atoms with Gasteiger partial charge < -0.3 is 10.1 Å². The Morgan fingerprint density at radius 1 is 1.25 bits per heavy atom. The number of thiophene rings is 1. The summed E-state index contributed by atoms with van der Waals surface area (Å²) in [5, 5.41) is 4.93. The molecule has 1 aliphatic carbocycles. The minimum Gasteiger partial charge on any atom is -0.379 e. The molecule has 3 heterocycles. The predicted molar refractivity (Wildman–Crippen MR) is 98.9 cm³/mol. The Hall–Kier alpha value is -1.24. The molecular formula is C18H26N4OS. The van der Waals surface area contributed by atoms with Crippen LogP contribution < -0.4 is 5.32 Å². The average molecular weight is 347 g/mol.